The van der Waals surface area contributed by atoms with Crippen LogP contribution in [0.15, 0.2) is 78.4 Å². The van der Waals surface area contributed by atoms with Gasteiger partial charge in [-0.1, -0.05) is 59.6 Å². The van der Waals surface area contributed by atoms with Gasteiger partial charge in [-0.05, 0) is 55.5 Å². The van der Waals surface area contributed by atoms with E-state index in [4.69, 9.17) is 22.1 Å². The Hall–Kier alpha value is -5.03. The minimum Gasteiger partial charge on any atom is -0.508 e. The predicted molar refractivity (Wildman–Crippen MR) is 166 cm³/mol. The van der Waals surface area contributed by atoms with E-state index in [1.165, 1.54) is 18.2 Å². The molecule has 3 N–H and O–H groups in total. The highest BCUT2D eigenvalue weighted by Gasteiger charge is 2.68. The predicted octanol–water partition coefficient (Wildman–Crippen LogP) is 5.07. The third kappa shape index (κ3) is 4.55. The highest BCUT2D eigenvalue weighted by molar-refractivity contribution is 6.31. The average molecular weight is 658 g/mol. The first-order chi connectivity index (χ1) is 22.4. The summed E-state index contributed by atoms with van der Waals surface area (Å²) in [7, 11) is 0. The summed E-state index contributed by atoms with van der Waals surface area (Å²) < 4.78 is 20.0. The number of benzene rings is 3. The van der Waals surface area contributed by atoms with Gasteiger partial charge in [0, 0.05) is 17.5 Å². The lowest BCUT2D eigenvalue weighted by molar-refractivity contribution is -0.136. The van der Waals surface area contributed by atoms with E-state index < -0.39 is 70.5 Å². The summed E-state index contributed by atoms with van der Waals surface area (Å²) >= 11 is 6.04. The highest BCUT2D eigenvalue weighted by Crippen LogP contribution is 2.64. The van der Waals surface area contributed by atoms with Gasteiger partial charge in [0.25, 0.3) is 0 Å². The summed E-state index contributed by atoms with van der Waals surface area (Å²) in [6.07, 6.45) is 1.89. The molecule has 0 radical (unpaired) electrons. The molecule has 3 fully saturated rings. The minimum absolute atomic E-state index is 0.0145. The maximum absolute atomic E-state index is 14.5. The molecule has 3 aromatic rings. The van der Waals surface area contributed by atoms with Gasteiger partial charge in [0.15, 0.2) is 0 Å². The quantitative estimate of drug-likeness (QED) is 0.288. The number of allylic oxidation sites excluding steroid dienone is 2. The smallest absolute Gasteiger partial charge is 0.328 e. The van der Waals surface area contributed by atoms with E-state index in [1.807, 2.05) is 30.3 Å². The molecule has 7 rings (SSSR count). The number of hydrogen-bond acceptors (Lipinski definition) is 7. The molecule has 12 heteroatoms. The summed E-state index contributed by atoms with van der Waals surface area (Å²) in [6, 6.07) is 16.5. The summed E-state index contributed by atoms with van der Waals surface area (Å²) in [5.41, 5.74) is 5.86. The van der Waals surface area contributed by atoms with Crippen LogP contribution in [0.2, 0.25) is 5.02 Å². The molecule has 6 atom stereocenters. The zero-order valence-corrected chi connectivity index (χ0v) is 25.8. The van der Waals surface area contributed by atoms with Gasteiger partial charge < -0.3 is 15.6 Å². The number of carbonyl (C=O) groups excluding carboxylic acids is 5. The van der Waals surface area contributed by atoms with Gasteiger partial charge in [-0.25, -0.2) is 14.1 Å². The lowest BCUT2D eigenvalue weighted by Gasteiger charge is -2.49. The number of amides is 6. The van der Waals surface area contributed by atoms with Gasteiger partial charge >= 0.3 is 6.03 Å². The zero-order chi connectivity index (χ0) is 33.4. The number of hydrogen-bond donors (Lipinski definition) is 2. The maximum Gasteiger partial charge on any atom is 0.328 e. The number of likely N-dealkylation sites (tertiary alicyclic amines) is 1. The molecule has 1 saturated carbocycles. The molecule has 0 aromatic heterocycles. The summed E-state index contributed by atoms with van der Waals surface area (Å²) in [5.74, 6) is -7.68. The number of primary amides is 1. The summed E-state index contributed by atoms with van der Waals surface area (Å²) in [6.45, 7) is 1.89. The van der Waals surface area contributed by atoms with Crippen molar-refractivity contribution in [2.45, 2.75) is 32.3 Å². The topological polar surface area (TPSA) is 147 Å². The van der Waals surface area contributed by atoms with Crippen molar-refractivity contribution < 1.29 is 38.2 Å². The SMILES string of the molecule is C[C@@]12C(=O)N(c3ccc(F)c(Cl)c3)C(=O)[C@@H]1C[C@@H]1C(=CC[C@@H]3C(=O)N(C(N)=O)C(=O)[C@@H]31)[C@@H]2c1ccc(OCc2ccccc2)cc1O. The number of rotatable bonds is 5. The lowest BCUT2D eigenvalue weighted by Crippen LogP contribution is -2.49. The van der Waals surface area contributed by atoms with Crippen LogP contribution in [0.1, 0.15) is 36.8 Å². The van der Waals surface area contributed by atoms with E-state index in [-0.39, 0.29) is 35.9 Å². The Labute approximate surface area is 273 Å². The Morgan fingerprint density at radius 3 is 2.45 bits per heavy atom. The number of nitrogens with zero attached hydrogens (tertiary/aromatic N) is 2. The van der Waals surface area contributed by atoms with Crippen LogP contribution in [0.4, 0.5) is 14.9 Å². The van der Waals surface area contributed by atoms with Crippen LogP contribution in [0, 0.1) is 34.9 Å². The Morgan fingerprint density at radius 1 is 1.02 bits per heavy atom. The number of nitrogens with two attached hydrogens (primary N) is 1. The fourth-order valence-corrected chi connectivity index (χ4v) is 8.22. The fraction of sp³-hybridized carbons (Fsp3) is 0.286. The molecular formula is C35H29ClFN3O7. The highest BCUT2D eigenvalue weighted by atomic mass is 35.5. The van der Waals surface area contributed by atoms with E-state index in [0.717, 1.165) is 16.5 Å². The van der Waals surface area contributed by atoms with Crippen LogP contribution in [-0.4, -0.2) is 39.7 Å². The van der Waals surface area contributed by atoms with Gasteiger partial charge in [-0.2, -0.15) is 4.90 Å². The van der Waals surface area contributed by atoms with E-state index >= 15 is 0 Å². The van der Waals surface area contributed by atoms with Crippen molar-refractivity contribution in [3.63, 3.8) is 0 Å². The van der Waals surface area contributed by atoms with Gasteiger partial charge in [0.2, 0.25) is 23.6 Å². The molecule has 2 heterocycles. The Kier molecular flexibility index (Phi) is 7.20. The minimum atomic E-state index is -1.47. The average Bonchev–Trinajstić information content (AvgIpc) is 3.42. The zero-order valence-electron chi connectivity index (χ0n) is 25.1. The largest absolute Gasteiger partial charge is 0.508 e. The molecule has 10 nitrogen and oxygen atoms in total. The summed E-state index contributed by atoms with van der Waals surface area (Å²) in [5, 5.41) is 11.2. The second-order valence-corrected chi connectivity index (χ2v) is 13.0. The second-order valence-electron chi connectivity index (χ2n) is 12.6. The van der Waals surface area contributed by atoms with E-state index in [9.17, 15) is 33.5 Å². The number of imide groups is 4. The molecule has 2 aliphatic heterocycles. The third-order valence-corrected chi connectivity index (χ3v) is 10.5. The van der Waals surface area contributed by atoms with Crippen molar-refractivity contribution in [2.75, 3.05) is 4.90 Å². The normalized spacial score (nSPS) is 28.1. The fourth-order valence-electron chi connectivity index (χ4n) is 8.05. The van der Waals surface area contributed by atoms with Gasteiger partial charge in [0.05, 0.1) is 33.9 Å². The van der Waals surface area contributed by atoms with Gasteiger partial charge in [-0.3, -0.25) is 19.2 Å². The first-order valence-electron chi connectivity index (χ1n) is 15.1. The number of anilines is 1. The number of fused-ring (bicyclic) bond motifs is 4. The number of phenolic OH excluding ortho intramolecular Hbond substituents is 1. The first-order valence-corrected chi connectivity index (χ1v) is 15.5. The van der Waals surface area contributed by atoms with Crippen LogP contribution in [0.3, 0.4) is 0 Å². The Morgan fingerprint density at radius 2 is 1.77 bits per heavy atom. The third-order valence-electron chi connectivity index (χ3n) is 10.2. The Bertz CT molecular complexity index is 1920. The molecule has 3 aromatic carbocycles. The van der Waals surface area contributed by atoms with Crippen LogP contribution >= 0.6 is 11.6 Å². The molecule has 0 bridgehead atoms. The molecule has 0 unspecified atom stereocenters. The Balaban J connectivity index is 1.33. The van der Waals surface area contributed by atoms with E-state index in [1.54, 1.807) is 25.1 Å². The van der Waals surface area contributed by atoms with Gasteiger partial charge in [0.1, 0.15) is 23.9 Å². The standard InChI is InChI=1S/C35H29ClFN3O7/c1-35-24(31(43)39(33(35)45)18-7-12-26(37)25(36)13-18)15-23-20(10-11-22-28(23)32(44)40(30(22)42)34(38)46)29(35)21-9-8-19(14-27(21)41)47-16-17-5-3-2-4-6-17/h2-10,12-14,22-24,28-29,41H,11,15-16H2,1H3,(H2,38,46)/t22-,23+,24-,28-,29+,35+/m0/s1. The molecule has 240 valence electrons. The van der Waals surface area contributed by atoms with Crippen molar-refractivity contribution in [3.8, 4) is 11.5 Å². The molecule has 2 saturated heterocycles. The molecule has 47 heavy (non-hydrogen) atoms. The number of carbonyl (C=O) groups is 5. The van der Waals surface area contributed by atoms with Crippen molar-refractivity contribution >= 4 is 46.9 Å². The van der Waals surface area contributed by atoms with Crippen LogP contribution in [-0.2, 0) is 25.8 Å². The number of ether oxygens (including phenoxy) is 1. The number of aromatic hydroxyl groups is 1. The van der Waals surface area contributed by atoms with Crippen molar-refractivity contribution in [1.29, 1.82) is 0 Å². The lowest BCUT2D eigenvalue weighted by atomic mass is 9.51. The number of halogens is 2. The number of phenols is 1. The monoisotopic (exact) mass is 657 g/mol. The molecular weight excluding hydrogens is 629 g/mol. The van der Waals surface area contributed by atoms with Crippen LogP contribution in [0.25, 0.3) is 0 Å². The van der Waals surface area contributed by atoms with Crippen molar-refractivity contribution in [1.82, 2.24) is 4.90 Å². The number of urea groups is 1. The van der Waals surface area contributed by atoms with E-state index in [2.05, 4.69) is 0 Å². The molecule has 2 aliphatic carbocycles. The maximum atomic E-state index is 14.5. The van der Waals surface area contributed by atoms with Crippen LogP contribution < -0.4 is 15.4 Å². The van der Waals surface area contributed by atoms with Crippen molar-refractivity contribution in [3.05, 3.63) is 100 Å². The molecule has 4 aliphatic rings. The first kappa shape index (κ1) is 30.6. The van der Waals surface area contributed by atoms with Crippen LogP contribution in [0.5, 0.6) is 11.5 Å². The van der Waals surface area contributed by atoms with Gasteiger partial charge in [-0.15, -0.1) is 0 Å². The molecule has 0 spiro atoms. The summed E-state index contributed by atoms with van der Waals surface area (Å²) in [4.78, 5) is 68.9. The van der Waals surface area contributed by atoms with E-state index in [0.29, 0.717) is 21.8 Å². The second kappa shape index (κ2) is 11.0. The molecule has 6 amide bonds. The van der Waals surface area contributed by atoms with Crippen molar-refractivity contribution in [2.24, 2.45) is 34.8 Å².